The highest BCUT2D eigenvalue weighted by molar-refractivity contribution is 6.17. The molecule has 1 aromatic carbocycles. The second-order valence-electron chi connectivity index (χ2n) is 5.57. The molecule has 1 heterocycles. The number of rotatable bonds is 6. The fraction of sp³-hybridized carbons (Fsp3) is 0.562. The minimum Gasteiger partial charge on any atom is -0.325 e. The summed E-state index contributed by atoms with van der Waals surface area (Å²) in [6.07, 6.45) is 2.92. The number of nitrogens with zero attached hydrogens (tertiary/aromatic N) is 2. The van der Waals surface area contributed by atoms with E-state index < -0.39 is 0 Å². The van der Waals surface area contributed by atoms with Gasteiger partial charge in [0.2, 0.25) is 0 Å². The van der Waals surface area contributed by atoms with Gasteiger partial charge in [0.05, 0.1) is 11.0 Å². The van der Waals surface area contributed by atoms with Crippen molar-refractivity contribution in [2.75, 3.05) is 5.88 Å². The molecule has 0 aliphatic rings. The highest BCUT2D eigenvalue weighted by Crippen LogP contribution is 2.27. The maximum absolute atomic E-state index is 13.5. The Hall–Kier alpha value is -1.09. The maximum atomic E-state index is 13.5. The van der Waals surface area contributed by atoms with Gasteiger partial charge in [0.1, 0.15) is 11.6 Å². The molecule has 0 spiro atoms. The first-order chi connectivity index (χ1) is 9.56. The summed E-state index contributed by atoms with van der Waals surface area (Å²) in [5, 5.41) is 0. The van der Waals surface area contributed by atoms with Crippen molar-refractivity contribution >= 4 is 22.6 Å². The Balaban J connectivity index is 2.46. The van der Waals surface area contributed by atoms with Crippen LogP contribution >= 0.6 is 11.6 Å². The number of halogens is 2. The summed E-state index contributed by atoms with van der Waals surface area (Å²) in [5.41, 5.74) is 1.73. The lowest BCUT2D eigenvalue weighted by molar-refractivity contribution is 0.397. The fourth-order valence-electron chi connectivity index (χ4n) is 2.72. The predicted molar refractivity (Wildman–Crippen MR) is 82.9 cm³/mol. The van der Waals surface area contributed by atoms with Crippen LogP contribution in [0.5, 0.6) is 0 Å². The third-order valence-corrected chi connectivity index (χ3v) is 4.11. The van der Waals surface area contributed by atoms with Crippen molar-refractivity contribution < 1.29 is 4.39 Å². The monoisotopic (exact) mass is 296 g/mol. The lowest BCUT2D eigenvalue weighted by Gasteiger charge is -2.20. The van der Waals surface area contributed by atoms with Gasteiger partial charge in [-0.05, 0) is 37.5 Å². The molecule has 0 saturated carbocycles. The van der Waals surface area contributed by atoms with Crippen molar-refractivity contribution in [3.63, 3.8) is 0 Å². The number of aromatic nitrogens is 2. The molecular weight excluding hydrogens is 275 g/mol. The first kappa shape index (κ1) is 15.3. The van der Waals surface area contributed by atoms with Crippen molar-refractivity contribution in [3.05, 3.63) is 29.8 Å². The molecule has 0 radical (unpaired) electrons. The number of imidazole rings is 1. The Morgan fingerprint density at radius 3 is 2.75 bits per heavy atom. The number of benzene rings is 1. The molecule has 2 unspecified atom stereocenters. The molecule has 2 aromatic rings. The second kappa shape index (κ2) is 6.57. The summed E-state index contributed by atoms with van der Waals surface area (Å²) in [6.45, 7) is 6.62. The Morgan fingerprint density at radius 1 is 1.35 bits per heavy atom. The third kappa shape index (κ3) is 3.14. The molecule has 0 saturated heterocycles. The van der Waals surface area contributed by atoms with E-state index in [0.717, 1.165) is 29.7 Å². The predicted octanol–water partition coefficient (Wildman–Crippen LogP) is 4.95. The zero-order valence-electron chi connectivity index (χ0n) is 12.4. The molecule has 2 atom stereocenters. The first-order valence-corrected chi connectivity index (χ1v) is 7.82. The van der Waals surface area contributed by atoms with Crippen LogP contribution in [0.2, 0.25) is 0 Å². The number of hydrogen-bond acceptors (Lipinski definition) is 1. The molecule has 0 aliphatic heterocycles. The zero-order chi connectivity index (χ0) is 14.7. The van der Waals surface area contributed by atoms with Gasteiger partial charge in [-0.15, -0.1) is 11.6 Å². The van der Waals surface area contributed by atoms with E-state index in [9.17, 15) is 4.39 Å². The molecule has 1 aromatic heterocycles. The average molecular weight is 297 g/mol. The normalized spacial score (nSPS) is 14.7. The summed E-state index contributed by atoms with van der Waals surface area (Å²) < 4.78 is 15.7. The Bertz CT molecular complexity index is 579. The van der Waals surface area contributed by atoms with Crippen LogP contribution in [0, 0.1) is 11.7 Å². The van der Waals surface area contributed by atoms with Gasteiger partial charge in [-0.2, -0.15) is 0 Å². The summed E-state index contributed by atoms with van der Waals surface area (Å²) in [7, 11) is 0. The van der Waals surface area contributed by atoms with Crippen LogP contribution in [0.1, 0.15) is 45.5 Å². The molecule has 0 N–H and O–H groups in total. The third-order valence-electron chi connectivity index (χ3n) is 3.92. The standard InChI is InChI=1S/C16H22ClFN2/c1-4-11(2)9-12(3)20-15-10-13(18)5-6-14(15)19-16(20)7-8-17/h5-6,10-12H,4,7-9H2,1-3H3. The van der Waals surface area contributed by atoms with E-state index in [4.69, 9.17) is 11.6 Å². The van der Waals surface area contributed by atoms with Crippen LogP contribution in [0.4, 0.5) is 4.39 Å². The van der Waals surface area contributed by atoms with Gasteiger partial charge in [-0.3, -0.25) is 0 Å². The van der Waals surface area contributed by atoms with Gasteiger partial charge in [-0.1, -0.05) is 20.3 Å². The summed E-state index contributed by atoms with van der Waals surface area (Å²) >= 11 is 5.88. The smallest absolute Gasteiger partial charge is 0.125 e. The zero-order valence-corrected chi connectivity index (χ0v) is 13.1. The minimum atomic E-state index is -0.216. The van der Waals surface area contributed by atoms with E-state index >= 15 is 0 Å². The van der Waals surface area contributed by atoms with Crippen molar-refractivity contribution in [2.45, 2.75) is 46.1 Å². The largest absolute Gasteiger partial charge is 0.325 e. The average Bonchev–Trinajstić information content (AvgIpc) is 2.76. The highest BCUT2D eigenvalue weighted by Gasteiger charge is 2.17. The fourth-order valence-corrected chi connectivity index (χ4v) is 2.89. The number of alkyl halides is 1. The van der Waals surface area contributed by atoms with Crippen molar-refractivity contribution in [3.8, 4) is 0 Å². The van der Waals surface area contributed by atoms with E-state index in [1.165, 1.54) is 6.07 Å². The molecule has 0 aliphatic carbocycles. The molecular formula is C16H22ClFN2. The maximum Gasteiger partial charge on any atom is 0.125 e. The number of hydrogen-bond donors (Lipinski definition) is 0. The molecule has 0 bridgehead atoms. The molecule has 2 rings (SSSR count). The summed E-state index contributed by atoms with van der Waals surface area (Å²) in [6, 6.07) is 5.08. The van der Waals surface area contributed by atoms with Gasteiger partial charge < -0.3 is 4.57 Å². The van der Waals surface area contributed by atoms with Gasteiger partial charge in [0, 0.05) is 18.3 Å². The molecule has 20 heavy (non-hydrogen) atoms. The van der Waals surface area contributed by atoms with E-state index in [1.807, 2.05) is 0 Å². The summed E-state index contributed by atoms with van der Waals surface area (Å²) in [4.78, 5) is 4.61. The van der Waals surface area contributed by atoms with Crippen LogP contribution < -0.4 is 0 Å². The van der Waals surface area contributed by atoms with E-state index in [2.05, 4.69) is 30.3 Å². The van der Waals surface area contributed by atoms with E-state index in [0.29, 0.717) is 24.3 Å². The van der Waals surface area contributed by atoms with Gasteiger partial charge >= 0.3 is 0 Å². The van der Waals surface area contributed by atoms with Crippen LogP contribution in [0.25, 0.3) is 11.0 Å². The Kier molecular flexibility index (Phi) is 5.03. The number of fused-ring (bicyclic) bond motifs is 1. The van der Waals surface area contributed by atoms with Gasteiger partial charge in [-0.25, -0.2) is 9.37 Å². The van der Waals surface area contributed by atoms with Gasteiger partial charge in [0.15, 0.2) is 0 Å². The van der Waals surface area contributed by atoms with Crippen LogP contribution in [0.15, 0.2) is 18.2 Å². The topological polar surface area (TPSA) is 17.8 Å². The molecule has 4 heteroatoms. The highest BCUT2D eigenvalue weighted by atomic mass is 35.5. The lowest BCUT2D eigenvalue weighted by atomic mass is 10.00. The molecule has 2 nitrogen and oxygen atoms in total. The van der Waals surface area contributed by atoms with Gasteiger partial charge in [0.25, 0.3) is 0 Å². The van der Waals surface area contributed by atoms with E-state index in [1.54, 1.807) is 12.1 Å². The quantitative estimate of drug-likeness (QED) is 0.689. The van der Waals surface area contributed by atoms with Crippen molar-refractivity contribution in [1.29, 1.82) is 0 Å². The van der Waals surface area contributed by atoms with E-state index in [-0.39, 0.29) is 5.82 Å². The van der Waals surface area contributed by atoms with Crippen LogP contribution in [-0.2, 0) is 6.42 Å². The van der Waals surface area contributed by atoms with Crippen LogP contribution in [-0.4, -0.2) is 15.4 Å². The SMILES string of the molecule is CCC(C)CC(C)n1c(CCCl)nc2ccc(F)cc21. The molecule has 110 valence electrons. The van der Waals surface area contributed by atoms with Crippen molar-refractivity contribution in [2.24, 2.45) is 5.92 Å². The molecule has 0 fully saturated rings. The summed E-state index contributed by atoms with van der Waals surface area (Å²) in [5.74, 6) is 1.91. The lowest BCUT2D eigenvalue weighted by Crippen LogP contribution is -2.13. The minimum absolute atomic E-state index is 0.216. The molecule has 0 amide bonds. The van der Waals surface area contributed by atoms with Crippen molar-refractivity contribution in [1.82, 2.24) is 9.55 Å². The second-order valence-corrected chi connectivity index (χ2v) is 5.95. The Labute approximate surface area is 125 Å². The number of aryl methyl sites for hydroxylation is 1. The van der Waals surface area contributed by atoms with Crippen LogP contribution in [0.3, 0.4) is 0 Å². The Morgan fingerprint density at radius 2 is 2.10 bits per heavy atom. The first-order valence-electron chi connectivity index (χ1n) is 7.29.